The van der Waals surface area contributed by atoms with Gasteiger partial charge in [0.25, 0.3) is 11.8 Å². The maximum Gasteiger partial charge on any atom is 0.326 e. The van der Waals surface area contributed by atoms with Crippen molar-refractivity contribution in [1.82, 2.24) is 10.2 Å². The Morgan fingerprint density at radius 3 is 2.38 bits per heavy atom. The zero-order valence-electron chi connectivity index (χ0n) is 14.7. The van der Waals surface area contributed by atoms with Crippen molar-refractivity contribution in [1.29, 1.82) is 0 Å². The fraction of sp³-hybridized carbons (Fsp3) is 0.333. The van der Waals surface area contributed by atoms with Crippen LogP contribution in [0.15, 0.2) is 29.2 Å². The lowest BCUT2D eigenvalue weighted by atomic mass is 10.0. The summed E-state index contributed by atoms with van der Waals surface area (Å²) >= 11 is 6.31. The van der Waals surface area contributed by atoms with Crippen molar-refractivity contribution < 1.29 is 19.5 Å². The molecule has 1 unspecified atom stereocenters. The molecule has 0 aliphatic carbocycles. The summed E-state index contributed by atoms with van der Waals surface area (Å²) in [6.45, 7) is 3.80. The molecule has 2 rings (SSSR count). The van der Waals surface area contributed by atoms with E-state index in [4.69, 9.17) is 12.2 Å². The predicted molar refractivity (Wildman–Crippen MR) is 106 cm³/mol. The Hall–Kier alpha value is -2.19. The van der Waals surface area contributed by atoms with E-state index in [0.717, 1.165) is 5.56 Å². The zero-order chi connectivity index (χ0) is 19.4. The number of likely N-dealkylation sites (N-methyl/N-ethyl adjacent to an activating group) is 1. The number of rotatable bonds is 6. The van der Waals surface area contributed by atoms with Gasteiger partial charge in [-0.1, -0.05) is 50.0 Å². The molecule has 0 radical (unpaired) electrons. The number of carboxylic acid groups (broad SMARTS) is 1. The van der Waals surface area contributed by atoms with Crippen LogP contribution in [0.25, 0.3) is 6.08 Å². The first kappa shape index (κ1) is 20.1. The number of carboxylic acids is 1. The van der Waals surface area contributed by atoms with Gasteiger partial charge in [0.1, 0.15) is 10.4 Å². The van der Waals surface area contributed by atoms with Crippen molar-refractivity contribution in [2.24, 2.45) is 5.92 Å². The summed E-state index contributed by atoms with van der Waals surface area (Å²) in [5, 5.41) is 11.8. The molecule has 1 aromatic rings. The summed E-state index contributed by atoms with van der Waals surface area (Å²) < 4.78 is 0.502. The molecule has 1 heterocycles. The molecular weight excluding hydrogens is 372 g/mol. The predicted octanol–water partition coefficient (Wildman–Crippen LogP) is 2.75. The third-order valence-corrected chi connectivity index (χ3v) is 5.25. The number of hydrogen-bond donors (Lipinski definition) is 2. The molecule has 1 saturated heterocycles. The number of thiocarbonyl (C=S) groups is 1. The monoisotopic (exact) mass is 392 g/mol. The second kappa shape index (κ2) is 8.46. The molecule has 0 bridgehead atoms. The molecule has 2 N–H and O–H groups in total. The number of carbonyl (C=O) groups excluding carboxylic acids is 2. The van der Waals surface area contributed by atoms with Crippen molar-refractivity contribution in [2.45, 2.75) is 26.3 Å². The summed E-state index contributed by atoms with van der Waals surface area (Å²) in [6.07, 6.45) is 2.07. The molecule has 8 heteroatoms. The average Bonchev–Trinajstić information content (AvgIpc) is 2.81. The molecule has 1 aromatic carbocycles. The van der Waals surface area contributed by atoms with Gasteiger partial charge >= 0.3 is 5.97 Å². The average molecular weight is 393 g/mol. The van der Waals surface area contributed by atoms with Gasteiger partial charge in [-0.2, -0.15) is 0 Å². The number of amides is 2. The molecule has 0 saturated carbocycles. The van der Waals surface area contributed by atoms with E-state index >= 15 is 0 Å². The quantitative estimate of drug-likeness (QED) is 0.572. The minimum absolute atomic E-state index is 0.149. The fourth-order valence-electron chi connectivity index (χ4n) is 2.36. The van der Waals surface area contributed by atoms with Gasteiger partial charge in [-0.3, -0.25) is 14.5 Å². The van der Waals surface area contributed by atoms with E-state index in [1.54, 1.807) is 37.4 Å². The lowest BCUT2D eigenvalue weighted by Gasteiger charge is -2.16. The van der Waals surface area contributed by atoms with Crippen LogP contribution in [0.3, 0.4) is 0 Å². The van der Waals surface area contributed by atoms with Gasteiger partial charge in [-0.15, -0.1) is 0 Å². The Morgan fingerprint density at radius 1 is 1.31 bits per heavy atom. The summed E-state index contributed by atoms with van der Waals surface area (Å²) in [5.74, 6) is -1.49. The summed E-state index contributed by atoms with van der Waals surface area (Å²) in [4.78, 5) is 37.5. The van der Waals surface area contributed by atoms with Crippen molar-refractivity contribution in [3.8, 4) is 0 Å². The van der Waals surface area contributed by atoms with Crippen LogP contribution in [-0.4, -0.2) is 45.2 Å². The van der Waals surface area contributed by atoms with E-state index in [-0.39, 0.29) is 11.8 Å². The second-order valence-corrected chi connectivity index (χ2v) is 8.03. The van der Waals surface area contributed by atoms with Crippen LogP contribution in [0.1, 0.15) is 36.2 Å². The lowest BCUT2D eigenvalue weighted by molar-refractivity contribution is -0.139. The zero-order valence-corrected chi connectivity index (χ0v) is 16.3. The molecule has 138 valence electrons. The Kier molecular flexibility index (Phi) is 6.55. The lowest BCUT2D eigenvalue weighted by Crippen LogP contribution is -2.41. The van der Waals surface area contributed by atoms with Crippen molar-refractivity contribution in [2.75, 3.05) is 7.05 Å². The maximum absolute atomic E-state index is 12.3. The molecule has 6 nitrogen and oxygen atoms in total. The first-order valence-electron chi connectivity index (χ1n) is 8.04. The number of benzene rings is 1. The van der Waals surface area contributed by atoms with Gasteiger partial charge in [-0.05, 0) is 36.1 Å². The van der Waals surface area contributed by atoms with Gasteiger partial charge in [0.05, 0.1) is 4.91 Å². The van der Waals surface area contributed by atoms with Gasteiger partial charge < -0.3 is 10.4 Å². The topological polar surface area (TPSA) is 86.7 Å². The highest BCUT2D eigenvalue weighted by molar-refractivity contribution is 8.26. The fourth-order valence-corrected chi connectivity index (χ4v) is 3.54. The van der Waals surface area contributed by atoms with Crippen LogP contribution in [0.4, 0.5) is 0 Å². The molecule has 1 atom stereocenters. The van der Waals surface area contributed by atoms with Crippen LogP contribution < -0.4 is 5.32 Å². The van der Waals surface area contributed by atoms with Crippen LogP contribution in [0.5, 0.6) is 0 Å². The van der Waals surface area contributed by atoms with E-state index in [9.17, 15) is 19.5 Å². The number of aliphatic carboxylic acids is 1. The molecule has 2 amide bonds. The van der Waals surface area contributed by atoms with E-state index < -0.39 is 17.9 Å². The molecular formula is C18H20N2O4S2. The molecule has 0 spiro atoms. The van der Waals surface area contributed by atoms with Gasteiger partial charge in [0.2, 0.25) is 0 Å². The van der Waals surface area contributed by atoms with Gasteiger partial charge in [0.15, 0.2) is 0 Å². The highest BCUT2D eigenvalue weighted by atomic mass is 32.2. The largest absolute Gasteiger partial charge is 0.480 e. The third kappa shape index (κ3) is 4.92. The van der Waals surface area contributed by atoms with Gasteiger partial charge in [-0.25, -0.2) is 4.79 Å². The van der Waals surface area contributed by atoms with Crippen LogP contribution in [0.2, 0.25) is 0 Å². The van der Waals surface area contributed by atoms with Crippen molar-refractivity contribution in [3.05, 3.63) is 40.3 Å². The van der Waals surface area contributed by atoms with Crippen LogP contribution >= 0.6 is 24.0 Å². The van der Waals surface area contributed by atoms with Crippen LogP contribution in [0, 0.1) is 5.92 Å². The number of nitrogens with zero attached hydrogens (tertiary/aromatic N) is 1. The molecule has 1 aliphatic rings. The third-order valence-electron chi connectivity index (χ3n) is 3.77. The number of carbonyl (C=O) groups is 3. The van der Waals surface area contributed by atoms with Crippen molar-refractivity contribution >= 4 is 52.2 Å². The highest BCUT2D eigenvalue weighted by Crippen LogP contribution is 2.31. The van der Waals surface area contributed by atoms with Crippen molar-refractivity contribution in [3.63, 3.8) is 0 Å². The number of nitrogens with one attached hydrogen (secondary N) is 1. The normalized spacial score (nSPS) is 17.1. The highest BCUT2D eigenvalue weighted by Gasteiger charge is 2.28. The minimum Gasteiger partial charge on any atom is -0.480 e. The Balaban J connectivity index is 2.09. The first-order valence-corrected chi connectivity index (χ1v) is 9.26. The molecule has 0 aromatic heterocycles. The summed E-state index contributed by atoms with van der Waals surface area (Å²) in [6, 6.07) is 5.68. The van der Waals surface area contributed by atoms with Crippen LogP contribution in [-0.2, 0) is 9.59 Å². The first-order chi connectivity index (χ1) is 12.2. The summed E-state index contributed by atoms with van der Waals surface area (Å²) in [5.41, 5.74) is 1.12. The molecule has 26 heavy (non-hydrogen) atoms. The van der Waals surface area contributed by atoms with E-state index in [2.05, 4.69) is 5.32 Å². The van der Waals surface area contributed by atoms with E-state index in [1.165, 1.54) is 16.7 Å². The standard InChI is InChI=1S/C18H20N2O4S2/c1-10(2)8-13(17(23)24)19-15(21)12-6-4-11(5-7-12)9-14-16(22)20(3)18(25)26-14/h4-7,9-10,13H,8H2,1-3H3,(H,19,21)(H,23,24)/b14-9+. The Morgan fingerprint density at radius 2 is 1.92 bits per heavy atom. The van der Waals surface area contributed by atoms with E-state index in [1.807, 2.05) is 13.8 Å². The Bertz CT molecular complexity index is 772. The minimum atomic E-state index is -1.05. The number of thioether (sulfide) groups is 1. The number of hydrogen-bond acceptors (Lipinski definition) is 5. The summed E-state index contributed by atoms with van der Waals surface area (Å²) in [7, 11) is 1.63. The smallest absolute Gasteiger partial charge is 0.326 e. The Labute approximate surface area is 161 Å². The van der Waals surface area contributed by atoms with Gasteiger partial charge in [0, 0.05) is 12.6 Å². The molecule has 1 aliphatic heterocycles. The maximum atomic E-state index is 12.3. The SMILES string of the molecule is CC(C)CC(NC(=O)c1ccc(/C=C2/SC(=S)N(C)C2=O)cc1)C(=O)O. The molecule has 1 fully saturated rings. The van der Waals surface area contributed by atoms with E-state index in [0.29, 0.717) is 21.2 Å². The second-order valence-electron chi connectivity index (χ2n) is 6.36.